The molecule has 19 heavy (non-hydrogen) atoms. The predicted octanol–water partition coefficient (Wildman–Crippen LogP) is 1.91. The van der Waals surface area contributed by atoms with Crippen LogP contribution < -0.4 is 11.1 Å². The summed E-state index contributed by atoms with van der Waals surface area (Å²) in [6.45, 7) is 6.00. The molecule has 5 heteroatoms. The van der Waals surface area contributed by atoms with E-state index in [0.717, 1.165) is 17.9 Å². The van der Waals surface area contributed by atoms with Gasteiger partial charge < -0.3 is 11.1 Å². The Morgan fingerprint density at radius 3 is 2.63 bits per heavy atom. The van der Waals surface area contributed by atoms with Crippen LogP contribution in [0.1, 0.15) is 13.8 Å². The number of hydrogen-bond donors (Lipinski definition) is 2. The Balaban J connectivity index is 2.03. The van der Waals surface area contributed by atoms with Crippen molar-refractivity contribution in [2.24, 2.45) is 17.6 Å². The fraction of sp³-hybridized carbons (Fsp3) is 0.429. The first-order valence-corrected chi connectivity index (χ1v) is 6.59. The summed E-state index contributed by atoms with van der Waals surface area (Å²) in [6.07, 6.45) is 3.38. The first kappa shape index (κ1) is 13.5. The average molecular weight is 259 g/mol. The minimum atomic E-state index is 0.485. The van der Waals surface area contributed by atoms with Gasteiger partial charge in [-0.3, -0.25) is 4.57 Å². The van der Waals surface area contributed by atoms with Gasteiger partial charge in [-0.1, -0.05) is 19.9 Å². The lowest BCUT2D eigenvalue weighted by Gasteiger charge is -2.20. The molecule has 2 aromatic rings. The maximum atomic E-state index is 5.78. The van der Waals surface area contributed by atoms with E-state index in [-0.39, 0.29) is 0 Å². The second-order valence-corrected chi connectivity index (χ2v) is 5.04. The van der Waals surface area contributed by atoms with E-state index >= 15 is 0 Å². The summed E-state index contributed by atoms with van der Waals surface area (Å²) in [4.78, 5) is 0. The standard InChI is InChI=1S/C14H21N5/c1-11(2)12(7-15)8-16-13-4-3-5-14(6-13)19-9-17-18-10-19/h3-6,9-12,16H,7-8,15H2,1-2H3. The molecule has 0 spiro atoms. The van der Waals surface area contributed by atoms with Crippen molar-refractivity contribution in [1.82, 2.24) is 14.8 Å². The summed E-state index contributed by atoms with van der Waals surface area (Å²) in [5, 5.41) is 11.1. The van der Waals surface area contributed by atoms with Crippen molar-refractivity contribution in [1.29, 1.82) is 0 Å². The number of rotatable bonds is 6. The second-order valence-electron chi connectivity index (χ2n) is 5.04. The van der Waals surface area contributed by atoms with Crippen LogP contribution in [0, 0.1) is 11.8 Å². The molecule has 0 bridgehead atoms. The molecule has 1 heterocycles. The Hall–Kier alpha value is -1.88. The van der Waals surface area contributed by atoms with Crippen molar-refractivity contribution in [2.45, 2.75) is 13.8 Å². The van der Waals surface area contributed by atoms with E-state index in [9.17, 15) is 0 Å². The number of nitrogens with two attached hydrogens (primary N) is 1. The molecule has 0 amide bonds. The molecule has 1 atom stereocenters. The van der Waals surface area contributed by atoms with Gasteiger partial charge in [0.15, 0.2) is 0 Å². The van der Waals surface area contributed by atoms with Crippen LogP contribution in [0.15, 0.2) is 36.9 Å². The molecule has 1 unspecified atom stereocenters. The highest BCUT2D eigenvalue weighted by atomic mass is 15.2. The highest BCUT2D eigenvalue weighted by Crippen LogP contribution is 2.16. The normalized spacial score (nSPS) is 12.6. The highest BCUT2D eigenvalue weighted by molar-refractivity contribution is 5.51. The van der Waals surface area contributed by atoms with E-state index in [2.05, 4.69) is 41.5 Å². The van der Waals surface area contributed by atoms with Crippen LogP contribution in [0.2, 0.25) is 0 Å². The zero-order valence-electron chi connectivity index (χ0n) is 11.5. The quantitative estimate of drug-likeness (QED) is 0.831. The molecule has 0 aliphatic carbocycles. The van der Waals surface area contributed by atoms with Crippen molar-refractivity contribution in [3.8, 4) is 5.69 Å². The minimum Gasteiger partial charge on any atom is -0.385 e. The van der Waals surface area contributed by atoms with Crippen LogP contribution in [-0.4, -0.2) is 27.9 Å². The molecule has 3 N–H and O–H groups in total. The van der Waals surface area contributed by atoms with E-state index in [4.69, 9.17) is 5.73 Å². The second kappa shape index (κ2) is 6.33. The number of nitrogens with zero attached hydrogens (tertiary/aromatic N) is 3. The van der Waals surface area contributed by atoms with Gasteiger partial charge in [-0.25, -0.2) is 0 Å². The molecule has 0 aliphatic heterocycles. The third-order valence-electron chi connectivity index (χ3n) is 3.38. The van der Waals surface area contributed by atoms with Crippen LogP contribution >= 0.6 is 0 Å². The van der Waals surface area contributed by atoms with Crippen molar-refractivity contribution in [3.63, 3.8) is 0 Å². The number of hydrogen-bond acceptors (Lipinski definition) is 4. The number of nitrogens with one attached hydrogen (secondary N) is 1. The molecular weight excluding hydrogens is 238 g/mol. The largest absolute Gasteiger partial charge is 0.385 e. The molecule has 0 aliphatic rings. The van der Waals surface area contributed by atoms with Crippen molar-refractivity contribution in [3.05, 3.63) is 36.9 Å². The van der Waals surface area contributed by atoms with Crippen LogP contribution in [-0.2, 0) is 0 Å². The Morgan fingerprint density at radius 2 is 2.00 bits per heavy atom. The molecule has 1 aromatic carbocycles. The topological polar surface area (TPSA) is 68.8 Å². The number of aromatic nitrogens is 3. The first-order chi connectivity index (χ1) is 9.20. The molecule has 1 aromatic heterocycles. The average Bonchev–Trinajstić information content (AvgIpc) is 2.93. The third kappa shape index (κ3) is 3.54. The van der Waals surface area contributed by atoms with E-state index in [0.29, 0.717) is 18.4 Å². The summed E-state index contributed by atoms with van der Waals surface area (Å²) >= 11 is 0. The predicted molar refractivity (Wildman–Crippen MR) is 77.2 cm³/mol. The molecular formula is C14H21N5. The maximum Gasteiger partial charge on any atom is 0.123 e. The Labute approximate surface area is 113 Å². The summed E-state index contributed by atoms with van der Waals surface area (Å²) in [5.41, 5.74) is 7.92. The van der Waals surface area contributed by atoms with E-state index in [1.807, 2.05) is 16.7 Å². The van der Waals surface area contributed by atoms with E-state index in [1.54, 1.807) is 12.7 Å². The van der Waals surface area contributed by atoms with Gasteiger partial charge in [-0.15, -0.1) is 10.2 Å². The zero-order chi connectivity index (χ0) is 13.7. The lowest BCUT2D eigenvalue weighted by atomic mass is 9.96. The highest BCUT2D eigenvalue weighted by Gasteiger charge is 2.10. The SMILES string of the molecule is CC(C)C(CN)CNc1cccc(-n2cnnc2)c1. The lowest BCUT2D eigenvalue weighted by Crippen LogP contribution is -2.27. The van der Waals surface area contributed by atoms with Gasteiger partial charge in [-0.2, -0.15) is 0 Å². The van der Waals surface area contributed by atoms with Crippen molar-refractivity contribution in [2.75, 3.05) is 18.4 Å². The van der Waals surface area contributed by atoms with Gasteiger partial charge in [0.1, 0.15) is 12.7 Å². The number of anilines is 1. The molecule has 0 fully saturated rings. The molecule has 102 valence electrons. The van der Waals surface area contributed by atoms with Crippen molar-refractivity contribution < 1.29 is 0 Å². The fourth-order valence-electron chi connectivity index (χ4n) is 1.95. The summed E-state index contributed by atoms with van der Waals surface area (Å²) in [6, 6.07) is 8.18. The van der Waals surface area contributed by atoms with Gasteiger partial charge >= 0.3 is 0 Å². The van der Waals surface area contributed by atoms with Crippen LogP contribution in [0.4, 0.5) is 5.69 Å². The zero-order valence-corrected chi connectivity index (χ0v) is 11.5. The summed E-state index contributed by atoms with van der Waals surface area (Å²) < 4.78 is 1.88. The molecule has 0 saturated heterocycles. The first-order valence-electron chi connectivity index (χ1n) is 6.59. The van der Waals surface area contributed by atoms with E-state index < -0.39 is 0 Å². The smallest absolute Gasteiger partial charge is 0.123 e. The number of benzene rings is 1. The molecule has 0 saturated carbocycles. The fourth-order valence-corrected chi connectivity index (χ4v) is 1.95. The van der Waals surface area contributed by atoms with Crippen LogP contribution in [0.25, 0.3) is 5.69 Å². The van der Waals surface area contributed by atoms with Crippen LogP contribution in [0.3, 0.4) is 0 Å². The van der Waals surface area contributed by atoms with Gasteiger partial charge in [0, 0.05) is 12.2 Å². The summed E-state index contributed by atoms with van der Waals surface area (Å²) in [7, 11) is 0. The van der Waals surface area contributed by atoms with Gasteiger partial charge in [-0.05, 0) is 36.6 Å². The van der Waals surface area contributed by atoms with Gasteiger partial charge in [0.25, 0.3) is 0 Å². The van der Waals surface area contributed by atoms with Gasteiger partial charge in [0.2, 0.25) is 0 Å². The Morgan fingerprint density at radius 1 is 1.26 bits per heavy atom. The van der Waals surface area contributed by atoms with Gasteiger partial charge in [0.05, 0.1) is 5.69 Å². The van der Waals surface area contributed by atoms with E-state index in [1.165, 1.54) is 0 Å². The van der Waals surface area contributed by atoms with Crippen LogP contribution in [0.5, 0.6) is 0 Å². The Bertz CT molecular complexity index is 492. The molecule has 5 nitrogen and oxygen atoms in total. The molecule has 0 radical (unpaired) electrons. The maximum absolute atomic E-state index is 5.78. The van der Waals surface area contributed by atoms with Crippen molar-refractivity contribution >= 4 is 5.69 Å². The molecule has 2 rings (SSSR count). The Kier molecular flexibility index (Phi) is 4.52. The monoisotopic (exact) mass is 259 g/mol. The third-order valence-corrected chi connectivity index (χ3v) is 3.38. The summed E-state index contributed by atoms with van der Waals surface area (Å²) in [5.74, 6) is 1.07. The lowest BCUT2D eigenvalue weighted by molar-refractivity contribution is 0.413. The minimum absolute atomic E-state index is 0.485.